The first-order chi connectivity index (χ1) is 14.7. The minimum absolute atomic E-state index is 0.237. The third kappa shape index (κ3) is 4.90. The lowest BCUT2D eigenvalue weighted by Crippen LogP contribution is -2.38. The minimum atomic E-state index is -0.313. The van der Waals surface area contributed by atoms with Gasteiger partial charge in [-0.05, 0) is 61.7 Å². The molecule has 2 aromatic carbocycles. The second-order valence-corrected chi connectivity index (χ2v) is 8.62. The maximum absolute atomic E-state index is 13.2. The second kappa shape index (κ2) is 9.25. The van der Waals surface area contributed by atoms with Crippen molar-refractivity contribution < 1.29 is 14.3 Å². The van der Waals surface area contributed by atoms with Gasteiger partial charge in [-0.15, -0.1) is 0 Å². The van der Waals surface area contributed by atoms with E-state index in [0.717, 1.165) is 17.1 Å². The van der Waals surface area contributed by atoms with E-state index in [-0.39, 0.29) is 17.9 Å². The summed E-state index contributed by atoms with van der Waals surface area (Å²) >= 11 is 0. The van der Waals surface area contributed by atoms with Crippen LogP contribution in [0.5, 0.6) is 5.75 Å². The van der Waals surface area contributed by atoms with Crippen LogP contribution in [0.25, 0.3) is 5.57 Å². The fourth-order valence-electron chi connectivity index (χ4n) is 3.37. The summed E-state index contributed by atoms with van der Waals surface area (Å²) in [7, 11) is 3.94. The van der Waals surface area contributed by atoms with E-state index in [9.17, 15) is 9.59 Å². The molecule has 164 valence electrons. The molecular formula is C25H31N3O3. The normalized spacial score (nSPS) is 14.1. The molecule has 0 spiro atoms. The van der Waals surface area contributed by atoms with E-state index >= 15 is 0 Å². The summed E-state index contributed by atoms with van der Waals surface area (Å²) < 4.78 is 5.75. The molecule has 1 aliphatic heterocycles. The number of imide groups is 1. The molecule has 6 nitrogen and oxygen atoms in total. The molecule has 0 fully saturated rings. The van der Waals surface area contributed by atoms with E-state index in [1.807, 2.05) is 81.4 Å². The molecule has 0 saturated heterocycles. The van der Waals surface area contributed by atoms with E-state index < -0.39 is 0 Å². The van der Waals surface area contributed by atoms with E-state index in [0.29, 0.717) is 29.4 Å². The average molecular weight is 422 g/mol. The van der Waals surface area contributed by atoms with E-state index in [1.54, 1.807) is 0 Å². The van der Waals surface area contributed by atoms with Crippen LogP contribution in [-0.4, -0.2) is 43.5 Å². The Morgan fingerprint density at radius 3 is 2.03 bits per heavy atom. The quantitative estimate of drug-likeness (QED) is 0.641. The Bertz CT molecular complexity index is 974. The van der Waals surface area contributed by atoms with Crippen LogP contribution in [0.15, 0.2) is 54.2 Å². The SMILES string of the molecule is CC(C)COc1ccc(C2=C(Nc3ccc(N(C)C)cc3)C(=O)N(C(C)C)C2=O)cc1. The van der Waals surface area contributed by atoms with Gasteiger partial charge >= 0.3 is 0 Å². The van der Waals surface area contributed by atoms with Crippen molar-refractivity contribution >= 4 is 28.8 Å². The molecule has 0 aromatic heterocycles. The zero-order valence-corrected chi connectivity index (χ0v) is 19.1. The lowest BCUT2D eigenvalue weighted by Gasteiger charge is -2.19. The molecule has 3 rings (SSSR count). The number of hydrogen-bond acceptors (Lipinski definition) is 5. The van der Waals surface area contributed by atoms with Crippen LogP contribution < -0.4 is 15.0 Å². The number of carbonyl (C=O) groups excluding carboxylic acids is 2. The van der Waals surface area contributed by atoms with Gasteiger partial charge in [0.05, 0.1) is 12.2 Å². The monoisotopic (exact) mass is 421 g/mol. The van der Waals surface area contributed by atoms with Crippen molar-refractivity contribution in [1.29, 1.82) is 0 Å². The third-order valence-corrected chi connectivity index (χ3v) is 5.01. The van der Waals surface area contributed by atoms with E-state index in [2.05, 4.69) is 19.2 Å². The molecule has 1 aliphatic rings. The molecule has 2 amide bonds. The highest BCUT2D eigenvalue weighted by Crippen LogP contribution is 2.32. The molecule has 0 bridgehead atoms. The molecule has 1 heterocycles. The largest absolute Gasteiger partial charge is 0.493 e. The zero-order valence-electron chi connectivity index (χ0n) is 19.1. The number of anilines is 2. The minimum Gasteiger partial charge on any atom is -0.493 e. The Hall–Kier alpha value is -3.28. The van der Waals surface area contributed by atoms with Gasteiger partial charge in [-0.25, -0.2) is 0 Å². The topological polar surface area (TPSA) is 61.9 Å². The highest BCUT2D eigenvalue weighted by atomic mass is 16.5. The first kappa shape index (κ1) is 22.4. The molecule has 0 aliphatic carbocycles. The summed E-state index contributed by atoms with van der Waals surface area (Å²) in [5.74, 6) is 0.560. The van der Waals surface area contributed by atoms with Crippen LogP contribution in [0, 0.1) is 5.92 Å². The van der Waals surface area contributed by atoms with Crippen LogP contribution in [0.1, 0.15) is 33.3 Å². The second-order valence-electron chi connectivity index (χ2n) is 8.62. The van der Waals surface area contributed by atoms with Gasteiger partial charge in [-0.2, -0.15) is 0 Å². The Balaban J connectivity index is 1.95. The van der Waals surface area contributed by atoms with Crippen molar-refractivity contribution in [2.24, 2.45) is 5.92 Å². The first-order valence-electron chi connectivity index (χ1n) is 10.6. The molecule has 0 unspecified atom stereocenters. The summed E-state index contributed by atoms with van der Waals surface area (Å²) in [6.07, 6.45) is 0. The van der Waals surface area contributed by atoms with Gasteiger partial charge < -0.3 is 15.0 Å². The van der Waals surface area contributed by atoms with Gasteiger partial charge in [0.15, 0.2) is 0 Å². The molecule has 0 radical (unpaired) electrons. The Morgan fingerprint density at radius 1 is 0.903 bits per heavy atom. The number of ether oxygens (including phenoxy) is 1. The molecule has 31 heavy (non-hydrogen) atoms. The van der Waals surface area contributed by atoms with Crippen molar-refractivity contribution in [3.63, 3.8) is 0 Å². The van der Waals surface area contributed by atoms with Gasteiger partial charge in [0.2, 0.25) is 0 Å². The Kier molecular flexibility index (Phi) is 6.68. The number of amides is 2. The van der Waals surface area contributed by atoms with Gasteiger partial charge in [0.1, 0.15) is 11.4 Å². The predicted molar refractivity (Wildman–Crippen MR) is 125 cm³/mol. The zero-order chi connectivity index (χ0) is 22.7. The summed E-state index contributed by atoms with van der Waals surface area (Å²) in [4.78, 5) is 29.6. The van der Waals surface area contributed by atoms with Crippen LogP contribution in [0.3, 0.4) is 0 Å². The summed E-state index contributed by atoms with van der Waals surface area (Å²) in [5, 5.41) is 3.19. The summed E-state index contributed by atoms with van der Waals surface area (Å²) in [5.41, 5.74) is 3.17. The van der Waals surface area contributed by atoms with Crippen molar-refractivity contribution in [1.82, 2.24) is 4.90 Å². The van der Waals surface area contributed by atoms with Gasteiger partial charge in [-0.3, -0.25) is 14.5 Å². The molecule has 1 N–H and O–H groups in total. The highest BCUT2D eigenvalue weighted by molar-refractivity contribution is 6.36. The van der Waals surface area contributed by atoms with Gasteiger partial charge in [-0.1, -0.05) is 26.0 Å². The molecule has 2 aromatic rings. The maximum atomic E-state index is 13.2. The lowest BCUT2D eigenvalue weighted by atomic mass is 10.0. The van der Waals surface area contributed by atoms with Crippen molar-refractivity contribution in [2.75, 3.05) is 30.9 Å². The van der Waals surface area contributed by atoms with Crippen molar-refractivity contribution in [2.45, 2.75) is 33.7 Å². The van der Waals surface area contributed by atoms with Crippen LogP contribution in [0.4, 0.5) is 11.4 Å². The molecule has 6 heteroatoms. The molecule has 0 saturated carbocycles. The van der Waals surface area contributed by atoms with E-state index in [4.69, 9.17) is 4.74 Å². The number of nitrogens with zero attached hydrogens (tertiary/aromatic N) is 2. The van der Waals surface area contributed by atoms with Crippen molar-refractivity contribution in [3.8, 4) is 5.75 Å². The molecule has 0 atom stereocenters. The Labute approximate surface area is 184 Å². The van der Waals surface area contributed by atoms with Crippen molar-refractivity contribution in [3.05, 3.63) is 59.8 Å². The lowest BCUT2D eigenvalue weighted by molar-refractivity contribution is -0.138. The number of benzene rings is 2. The first-order valence-corrected chi connectivity index (χ1v) is 10.6. The van der Waals surface area contributed by atoms with Crippen LogP contribution in [-0.2, 0) is 9.59 Å². The fourth-order valence-corrected chi connectivity index (χ4v) is 3.37. The summed E-state index contributed by atoms with van der Waals surface area (Å²) in [6.45, 7) is 8.48. The predicted octanol–water partition coefficient (Wildman–Crippen LogP) is 4.39. The van der Waals surface area contributed by atoms with Gasteiger partial charge in [0.25, 0.3) is 11.8 Å². The Morgan fingerprint density at radius 2 is 1.52 bits per heavy atom. The summed E-state index contributed by atoms with van der Waals surface area (Å²) in [6, 6.07) is 14.8. The van der Waals surface area contributed by atoms with Crippen LogP contribution >= 0.6 is 0 Å². The number of nitrogens with one attached hydrogen (secondary N) is 1. The fraction of sp³-hybridized carbons (Fsp3) is 0.360. The smallest absolute Gasteiger partial charge is 0.278 e. The standard InChI is InChI=1S/C25H31N3O3/c1-16(2)15-31-21-13-7-18(8-14-21)22-23(25(30)28(17(3)4)24(22)29)26-19-9-11-20(12-10-19)27(5)6/h7-14,16-17,26H,15H2,1-6H3. The van der Waals surface area contributed by atoms with Crippen LogP contribution in [0.2, 0.25) is 0 Å². The number of rotatable bonds is 8. The average Bonchev–Trinajstić information content (AvgIpc) is 2.97. The van der Waals surface area contributed by atoms with Gasteiger partial charge in [0, 0.05) is 31.5 Å². The van der Waals surface area contributed by atoms with E-state index in [1.165, 1.54) is 4.90 Å². The number of carbonyl (C=O) groups is 2. The highest BCUT2D eigenvalue weighted by Gasteiger charge is 2.40. The maximum Gasteiger partial charge on any atom is 0.278 e. The third-order valence-electron chi connectivity index (χ3n) is 5.01. The number of hydrogen-bond donors (Lipinski definition) is 1. The molecular weight excluding hydrogens is 390 g/mol.